The first kappa shape index (κ1) is 27.6. The summed E-state index contributed by atoms with van der Waals surface area (Å²) < 4.78 is 5.63. The molecule has 4 aliphatic carbocycles. The molecule has 7 atom stereocenters. The number of phenolic OH excluding ortho intramolecular Hbond substituents is 1. The molecule has 3 saturated carbocycles. The molecule has 1 aromatic carbocycles. The van der Waals surface area contributed by atoms with Crippen LogP contribution < -0.4 is 10.5 Å². The Morgan fingerprint density at radius 2 is 1.71 bits per heavy atom. The third-order valence-electron chi connectivity index (χ3n) is 12.2. The number of ether oxygens (including phenoxy) is 1. The highest BCUT2D eigenvalue weighted by Crippen LogP contribution is 2.75. The molecule has 6 heteroatoms. The highest BCUT2D eigenvalue weighted by molar-refractivity contribution is 8.13. The molecule has 0 radical (unpaired) electrons. The highest BCUT2D eigenvalue weighted by atomic mass is 32.2. The van der Waals surface area contributed by atoms with E-state index in [0.29, 0.717) is 11.7 Å². The van der Waals surface area contributed by atoms with Crippen molar-refractivity contribution < 1.29 is 19.4 Å². The molecule has 0 heterocycles. The SMILES string of the molecule is COc1cc2c(c(C)c1O)C(SC(C)=O)C=C1[C@@]2(C)CC[C@@]2(C)[C@@H]3C[C@](C)(C(N)=O)CC[C@]3(C)CC[C@]12C. The molecule has 4 aliphatic rings. The Kier molecular flexibility index (Phi) is 6.19. The number of amides is 1. The van der Waals surface area contributed by atoms with Crippen LogP contribution in [0.5, 0.6) is 11.5 Å². The van der Waals surface area contributed by atoms with Gasteiger partial charge in [-0.3, -0.25) is 9.59 Å². The van der Waals surface area contributed by atoms with E-state index in [9.17, 15) is 14.7 Å². The number of thioether (sulfide) groups is 1. The van der Waals surface area contributed by atoms with Gasteiger partial charge >= 0.3 is 0 Å². The van der Waals surface area contributed by atoms with E-state index in [1.165, 1.54) is 22.9 Å². The maximum atomic E-state index is 12.6. The number of phenols is 1. The van der Waals surface area contributed by atoms with Gasteiger partial charge in [0.25, 0.3) is 0 Å². The summed E-state index contributed by atoms with van der Waals surface area (Å²) in [6.45, 7) is 15.4. The maximum Gasteiger partial charge on any atom is 0.223 e. The lowest BCUT2D eigenvalue weighted by Crippen LogP contribution is -2.63. The van der Waals surface area contributed by atoms with Gasteiger partial charge in [-0.1, -0.05) is 58.0 Å². The van der Waals surface area contributed by atoms with Crippen LogP contribution in [0.25, 0.3) is 0 Å². The van der Waals surface area contributed by atoms with Crippen molar-refractivity contribution in [3.63, 3.8) is 0 Å². The number of benzene rings is 1. The van der Waals surface area contributed by atoms with E-state index in [2.05, 4.69) is 40.7 Å². The third kappa shape index (κ3) is 3.50. The second kappa shape index (κ2) is 8.52. The minimum atomic E-state index is -0.464. The quantitative estimate of drug-likeness (QED) is 0.399. The molecular formula is C32H45NO4S. The summed E-state index contributed by atoms with van der Waals surface area (Å²) in [5.74, 6) is 0.882. The number of carbonyl (C=O) groups is 2. The molecule has 5 rings (SSSR count). The van der Waals surface area contributed by atoms with Crippen molar-refractivity contribution in [2.45, 2.75) is 104 Å². The zero-order valence-corrected chi connectivity index (χ0v) is 25.2. The average Bonchev–Trinajstić information content (AvgIpc) is 2.84. The number of fused-ring (bicyclic) bond motifs is 7. The molecule has 3 fully saturated rings. The fourth-order valence-corrected chi connectivity index (χ4v) is 10.3. The number of nitrogens with two attached hydrogens (primary N) is 1. The zero-order chi connectivity index (χ0) is 28.1. The molecule has 0 aliphatic heterocycles. The van der Waals surface area contributed by atoms with Gasteiger partial charge in [0.15, 0.2) is 16.6 Å². The Morgan fingerprint density at radius 3 is 2.32 bits per heavy atom. The van der Waals surface area contributed by atoms with E-state index >= 15 is 0 Å². The maximum absolute atomic E-state index is 12.6. The monoisotopic (exact) mass is 539 g/mol. The summed E-state index contributed by atoms with van der Waals surface area (Å²) in [6, 6.07) is 2.03. The Hall–Kier alpha value is -1.95. The van der Waals surface area contributed by atoms with Crippen LogP contribution >= 0.6 is 11.8 Å². The predicted octanol–water partition coefficient (Wildman–Crippen LogP) is 7.13. The van der Waals surface area contributed by atoms with Crippen LogP contribution in [0.4, 0.5) is 0 Å². The molecule has 0 bridgehead atoms. The van der Waals surface area contributed by atoms with Crippen LogP contribution in [-0.4, -0.2) is 23.2 Å². The summed E-state index contributed by atoms with van der Waals surface area (Å²) >= 11 is 1.34. The fourth-order valence-electron chi connectivity index (χ4n) is 9.33. The molecule has 38 heavy (non-hydrogen) atoms. The first-order valence-corrected chi connectivity index (χ1v) is 15.1. The molecule has 0 spiro atoms. The van der Waals surface area contributed by atoms with Gasteiger partial charge < -0.3 is 15.6 Å². The van der Waals surface area contributed by atoms with Crippen molar-refractivity contribution in [1.29, 1.82) is 0 Å². The summed E-state index contributed by atoms with van der Waals surface area (Å²) in [5.41, 5.74) is 9.87. The summed E-state index contributed by atoms with van der Waals surface area (Å²) in [7, 11) is 1.60. The van der Waals surface area contributed by atoms with Crippen LogP contribution in [0.2, 0.25) is 0 Å². The molecule has 3 N–H and O–H groups in total. The second-order valence-corrected chi connectivity index (χ2v) is 15.4. The molecule has 5 nitrogen and oxygen atoms in total. The normalized spacial score (nSPS) is 41.6. The van der Waals surface area contributed by atoms with Crippen molar-refractivity contribution in [2.24, 2.45) is 33.3 Å². The molecule has 0 aromatic heterocycles. The van der Waals surface area contributed by atoms with Gasteiger partial charge in [-0.05, 0) is 96.8 Å². The largest absolute Gasteiger partial charge is 0.504 e. The standard InChI is InChI=1S/C32H45NO4S/c1-18-25-20(15-21(37-8)26(18)35)30(5)12-14-32(7)24-17-29(4,27(33)36)10-9-28(24,3)11-13-31(32,6)23(30)16-22(25)38-19(2)34/h15-16,22,24,35H,9-14,17H2,1-8H3,(H2,33,36)/t22?,24-,28-,29-,30+,31-,32+/m1/s1. The van der Waals surface area contributed by atoms with Crippen molar-refractivity contribution >= 4 is 22.8 Å². The highest BCUT2D eigenvalue weighted by Gasteiger charge is 2.67. The average molecular weight is 540 g/mol. The number of aromatic hydroxyl groups is 1. The van der Waals surface area contributed by atoms with E-state index in [4.69, 9.17) is 10.5 Å². The number of primary amides is 1. The van der Waals surface area contributed by atoms with E-state index < -0.39 is 5.41 Å². The Bertz CT molecular complexity index is 1260. The second-order valence-electron chi connectivity index (χ2n) is 14.0. The summed E-state index contributed by atoms with van der Waals surface area (Å²) in [4.78, 5) is 25.1. The van der Waals surface area contributed by atoms with Gasteiger partial charge in [0, 0.05) is 17.8 Å². The first-order valence-electron chi connectivity index (χ1n) is 14.2. The predicted molar refractivity (Wildman–Crippen MR) is 153 cm³/mol. The van der Waals surface area contributed by atoms with E-state index in [1.807, 2.05) is 13.0 Å². The van der Waals surface area contributed by atoms with Crippen LogP contribution in [0.15, 0.2) is 17.7 Å². The number of methoxy groups -OCH3 is 1. The first-order chi connectivity index (χ1) is 17.6. The molecule has 1 aromatic rings. The molecular weight excluding hydrogens is 494 g/mol. The number of hydrogen-bond acceptors (Lipinski definition) is 5. The number of rotatable bonds is 3. The van der Waals surface area contributed by atoms with Gasteiger partial charge in [0.1, 0.15) is 0 Å². The van der Waals surface area contributed by atoms with Crippen LogP contribution in [0.3, 0.4) is 0 Å². The number of allylic oxidation sites excluding steroid dienone is 1. The van der Waals surface area contributed by atoms with Crippen molar-refractivity contribution in [2.75, 3.05) is 7.11 Å². The lowest BCUT2D eigenvalue weighted by Gasteiger charge is -2.70. The van der Waals surface area contributed by atoms with Crippen LogP contribution in [0.1, 0.15) is 108 Å². The van der Waals surface area contributed by atoms with Gasteiger partial charge in [-0.25, -0.2) is 0 Å². The number of carbonyl (C=O) groups excluding carboxylic acids is 2. The molecule has 1 amide bonds. The molecule has 0 saturated heterocycles. The molecule has 1 unspecified atom stereocenters. The number of hydrogen-bond donors (Lipinski definition) is 2. The third-order valence-corrected chi connectivity index (χ3v) is 13.1. The van der Waals surface area contributed by atoms with Crippen LogP contribution in [0, 0.1) is 34.5 Å². The van der Waals surface area contributed by atoms with E-state index in [-0.39, 0.29) is 43.7 Å². The Morgan fingerprint density at radius 1 is 1.05 bits per heavy atom. The topological polar surface area (TPSA) is 89.6 Å². The Labute approximate surface area is 232 Å². The fraction of sp³-hybridized carbons (Fsp3) is 0.688. The van der Waals surface area contributed by atoms with Gasteiger partial charge in [0.05, 0.1) is 12.4 Å². The van der Waals surface area contributed by atoms with Crippen molar-refractivity contribution in [1.82, 2.24) is 0 Å². The molecule has 208 valence electrons. The summed E-state index contributed by atoms with van der Waals surface area (Å²) in [6.07, 6.45) is 9.38. The Balaban J connectivity index is 1.70. The van der Waals surface area contributed by atoms with E-state index in [1.54, 1.807) is 14.0 Å². The smallest absolute Gasteiger partial charge is 0.223 e. The zero-order valence-electron chi connectivity index (χ0n) is 24.4. The van der Waals surface area contributed by atoms with E-state index in [0.717, 1.165) is 56.1 Å². The minimum absolute atomic E-state index is 0.00146. The van der Waals surface area contributed by atoms with Gasteiger partial charge in [0.2, 0.25) is 5.91 Å². The summed E-state index contributed by atoms with van der Waals surface area (Å²) in [5, 5.41) is 10.9. The van der Waals surface area contributed by atoms with Crippen LogP contribution in [-0.2, 0) is 15.0 Å². The minimum Gasteiger partial charge on any atom is -0.504 e. The lowest BCUT2D eigenvalue weighted by atomic mass is 9.34. The van der Waals surface area contributed by atoms with Gasteiger partial charge in [-0.15, -0.1) is 0 Å². The lowest BCUT2D eigenvalue weighted by molar-refractivity contribution is -0.166. The van der Waals surface area contributed by atoms with Gasteiger partial charge in [-0.2, -0.15) is 0 Å². The van der Waals surface area contributed by atoms with Crippen molar-refractivity contribution in [3.8, 4) is 11.5 Å². The van der Waals surface area contributed by atoms with Crippen molar-refractivity contribution in [3.05, 3.63) is 34.4 Å².